The summed E-state index contributed by atoms with van der Waals surface area (Å²) < 4.78 is 16.2. The summed E-state index contributed by atoms with van der Waals surface area (Å²) in [6.07, 6.45) is -5.83. The number of aryl methyl sites for hydroxylation is 2. The van der Waals surface area contributed by atoms with Crippen molar-refractivity contribution < 1.29 is 43.6 Å². The van der Waals surface area contributed by atoms with Crippen LogP contribution in [0, 0.1) is 13.8 Å². The van der Waals surface area contributed by atoms with E-state index in [9.17, 15) is 29.4 Å². The van der Waals surface area contributed by atoms with Gasteiger partial charge in [0.05, 0.1) is 0 Å². The number of carbonyl (C=O) groups excluding carboxylic acids is 4. The molecule has 2 N–H and O–H groups in total. The van der Waals surface area contributed by atoms with Gasteiger partial charge in [0.1, 0.15) is 12.2 Å². The standard InChI is InChI=1S/C26H28O9/c1-14-10-6-8-12-18(14)20(29)21(30)23-26(32,22(31)19-13-9-7-11-15(19)2)25(5,35-17(4)28)24(34-23)33-16(3)27/h6-13,21,23-24,30,32H,1-5H3/t21?,23-,24+,25+,26-/m1/s1. The quantitative estimate of drug-likeness (QED) is 0.447. The van der Waals surface area contributed by atoms with Crippen LogP contribution >= 0.6 is 0 Å². The van der Waals surface area contributed by atoms with Gasteiger partial charge in [-0.25, -0.2) is 0 Å². The molecule has 1 aliphatic heterocycles. The van der Waals surface area contributed by atoms with Crippen LogP contribution in [0.25, 0.3) is 0 Å². The second kappa shape index (κ2) is 9.69. The summed E-state index contributed by atoms with van der Waals surface area (Å²) in [6.45, 7) is 6.54. The normalized spacial score (nSPS) is 26.6. The lowest BCUT2D eigenvalue weighted by molar-refractivity contribution is -0.222. The van der Waals surface area contributed by atoms with Crippen molar-refractivity contribution in [2.24, 2.45) is 0 Å². The van der Waals surface area contributed by atoms with E-state index in [1.54, 1.807) is 50.2 Å². The predicted octanol–water partition coefficient (Wildman–Crippen LogP) is 2.07. The van der Waals surface area contributed by atoms with Crippen LogP contribution in [0.4, 0.5) is 0 Å². The first kappa shape index (κ1) is 26.2. The minimum Gasteiger partial charge on any atom is -0.449 e. The lowest BCUT2D eigenvalue weighted by Gasteiger charge is -2.40. The molecule has 2 aromatic carbocycles. The maximum atomic E-state index is 13.9. The van der Waals surface area contributed by atoms with Crippen LogP contribution in [0.15, 0.2) is 48.5 Å². The average Bonchev–Trinajstić information content (AvgIpc) is 2.99. The Kier molecular flexibility index (Phi) is 7.26. The van der Waals surface area contributed by atoms with Crippen molar-refractivity contribution in [2.75, 3.05) is 0 Å². The van der Waals surface area contributed by atoms with Gasteiger partial charge in [-0.1, -0.05) is 48.5 Å². The minimum absolute atomic E-state index is 0.0426. The second-order valence-corrected chi connectivity index (χ2v) is 8.73. The molecule has 35 heavy (non-hydrogen) atoms. The molecule has 9 heteroatoms. The van der Waals surface area contributed by atoms with Gasteiger partial charge >= 0.3 is 11.9 Å². The Morgan fingerprint density at radius 2 is 1.43 bits per heavy atom. The molecule has 1 aliphatic rings. The summed E-state index contributed by atoms with van der Waals surface area (Å²) in [7, 11) is 0. The lowest BCUT2D eigenvalue weighted by atomic mass is 9.73. The molecule has 1 heterocycles. The van der Waals surface area contributed by atoms with Gasteiger partial charge in [-0.3, -0.25) is 19.2 Å². The molecular formula is C26H28O9. The fourth-order valence-corrected chi connectivity index (χ4v) is 4.38. The van der Waals surface area contributed by atoms with Gasteiger partial charge in [-0.05, 0) is 31.9 Å². The molecule has 5 atom stereocenters. The summed E-state index contributed by atoms with van der Waals surface area (Å²) in [6, 6.07) is 12.8. The molecular weight excluding hydrogens is 456 g/mol. The SMILES string of the molecule is CC(=O)O[C@H]1O[C@H](C(O)C(=O)c2ccccc2C)[C@](O)(C(=O)c2ccccc2C)[C@@]1(C)OC(C)=O. The number of hydrogen-bond donors (Lipinski definition) is 2. The number of hydrogen-bond acceptors (Lipinski definition) is 9. The fraction of sp³-hybridized carbons (Fsp3) is 0.385. The Balaban J connectivity index is 2.21. The third kappa shape index (κ3) is 4.50. The number of aliphatic hydroxyl groups is 2. The number of aliphatic hydroxyl groups excluding tert-OH is 1. The third-order valence-corrected chi connectivity index (χ3v) is 6.22. The van der Waals surface area contributed by atoms with Crippen molar-refractivity contribution in [2.45, 2.75) is 64.3 Å². The van der Waals surface area contributed by atoms with E-state index in [4.69, 9.17) is 14.2 Å². The van der Waals surface area contributed by atoms with Crippen LogP contribution in [0.1, 0.15) is 52.6 Å². The van der Waals surface area contributed by atoms with Crippen LogP contribution in [-0.4, -0.2) is 63.4 Å². The van der Waals surface area contributed by atoms with Gasteiger partial charge in [-0.15, -0.1) is 0 Å². The number of esters is 2. The number of benzene rings is 2. The third-order valence-electron chi connectivity index (χ3n) is 6.22. The largest absolute Gasteiger partial charge is 0.449 e. The monoisotopic (exact) mass is 484 g/mol. The second-order valence-electron chi connectivity index (χ2n) is 8.73. The van der Waals surface area contributed by atoms with Crippen molar-refractivity contribution >= 4 is 23.5 Å². The topological polar surface area (TPSA) is 136 Å². The zero-order chi connectivity index (χ0) is 26.1. The van der Waals surface area contributed by atoms with E-state index in [-0.39, 0.29) is 11.1 Å². The minimum atomic E-state index is -2.82. The van der Waals surface area contributed by atoms with Gasteiger partial charge in [0, 0.05) is 25.0 Å². The number of carbonyl (C=O) groups is 4. The fourth-order valence-electron chi connectivity index (χ4n) is 4.38. The summed E-state index contributed by atoms with van der Waals surface area (Å²) in [5, 5.41) is 23.2. The molecule has 0 aromatic heterocycles. The highest BCUT2D eigenvalue weighted by Crippen LogP contribution is 2.47. The van der Waals surface area contributed by atoms with Crippen LogP contribution in [0.2, 0.25) is 0 Å². The Morgan fingerprint density at radius 1 is 0.914 bits per heavy atom. The van der Waals surface area contributed by atoms with Crippen molar-refractivity contribution in [1.29, 1.82) is 0 Å². The molecule has 0 bridgehead atoms. The van der Waals surface area contributed by atoms with E-state index < -0.39 is 53.2 Å². The van der Waals surface area contributed by atoms with Crippen LogP contribution in [0.3, 0.4) is 0 Å². The van der Waals surface area contributed by atoms with E-state index in [1.807, 2.05) is 0 Å². The first-order valence-electron chi connectivity index (χ1n) is 11.0. The molecule has 3 rings (SSSR count). The van der Waals surface area contributed by atoms with Gasteiger partial charge in [-0.2, -0.15) is 0 Å². The van der Waals surface area contributed by atoms with E-state index in [2.05, 4.69) is 0 Å². The van der Waals surface area contributed by atoms with E-state index in [0.717, 1.165) is 20.8 Å². The highest BCUT2D eigenvalue weighted by atomic mass is 16.7. The smallest absolute Gasteiger partial charge is 0.305 e. The Labute approximate surface area is 202 Å². The van der Waals surface area contributed by atoms with Crippen molar-refractivity contribution in [3.63, 3.8) is 0 Å². The summed E-state index contributed by atoms with van der Waals surface area (Å²) in [5.74, 6) is -3.59. The molecule has 2 aromatic rings. The average molecular weight is 485 g/mol. The van der Waals surface area contributed by atoms with Gasteiger partial charge in [0.25, 0.3) is 0 Å². The molecule has 0 radical (unpaired) electrons. The number of ether oxygens (including phenoxy) is 3. The Morgan fingerprint density at radius 3 is 1.91 bits per heavy atom. The molecule has 1 unspecified atom stereocenters. The summed E-state index contributed by atoms with van der Waals surface area (Å²) >= 11 is 0. The Bertz CT molecular complexity index is 1170. The molecule has 9 nitrogen and oxygen atoms in total. The van der Waals surface area contributed by atoms with Crippen molar-refractivity contribution in [3.05, 3.63) is 70.8 Å². The number of Topliss-reactive ketones (excluding diaryl/α,β-unsaturated/α-hetero) is 2. The van der Waals surface area contributed by atoms with Crippen molar-refractivity contribution in [3.8, 4) is 0 Å². The zero-order valence-electron chi connectivity index (χ0n) is 20.1. The first-order chi connectivity index (χ1) is 16.3. The molecule has 0 amide bonds. The molecule has 1 saturated heterocycles. The van der Waals surface area contributed by atoms with E-state index in [0.29, 0.717) is 11.1 Å². The molecule has 0 aliphatic carbocycles. The predicted molar refractivity (Wildman–Crippen MR) is 123 cm³/mol. The van der Waals surface area contributed by atoms with Crippen molar-refractivity contribution in [1.82, 2.24) is 0 Å². The summed E-state index contributed by atoms with van der Waals surface area (Å²) in [5.41, 5.74) is -3.92. The van der Waals surface area contributed by atoms with Crippen LogP contribution in [-0.2, 0) is 23.8 Å². The van der Waals surface area contributed by atoms with Crippen LogP contribution in [0.5, 0.6) is 0 Å². The molecule has 186 valence electrons. The zero-order valence-corrected chi connectivity index (χ0v) is 20.1. The molecule has 0 saturated carbocycles. The maximum absolute atomic E-state index is 13.9. The van der Waals surface area contributed by atoms with Gasteiger partial charge < -0.3 is 24.4 Å². The molecule has 1 fully saturated rings. The highest BCUT2D eigenvalue weighted by Gasteiger charge is 2.73. The Hall–Kier alpha value is -3.40. The molecule has 0 spiro atoms. The first-order valence-corrected chi connectivity index (χ1v) is 11.0. The maximum Gasteiger partial charge on any atom is 0.305 e. The van der Waals surface area contributed by atoms with Gasteiger partial charge in [0.15, 0.2) is 5.78 Å². The van der Waals surface area contributed by atoms with Gasteiger partial charge in [0.2, 0.25) is 23.3 Å². The van der Waals surface area contributed by atoms with E-state index in [1.165, 1.54) is 12.1 Å². The lowest BCUT2D eigenvalue weighted by Crippen LogP contribution is -2.66. The highest BCUT2D eigenvalue weighted by molar-refractivity contribution is 6.07. The van der Waals surface area contributed by atoms with E-state index >= 15 is 0 Å². The number of rotatable bonds is 7. The number of ketones is 2. The van der Waals surface area contributed by atoms with Crippen LogP contribution < -0.4 is 0 Å². The summed E-state index contributed by atoms with van der Waals surface area (Å²) in [4.78, 5) is 51.0.